The second kappa shape index (κ2) is 8.38. The van der Waals surface area contributed by atoms with Crippen LogP contribution in [0, 0.1) is 5.82 Å². The van der Waals surface area contributed by atoms with Crippen LogP contribution in [-0.4, -0.2) is 43.2 Å². The molecule has 32 heavy (non-hydrogen) atoms. The maximum Gasteiger partial charge on any atom is 0.270 e. The Morgan fingerprint density at radius 1 is 1.03 bits per heavy atom. The Hall–Kier alpha value is -2.62. The van der Waals surface area contributed by atoms with E-state index in [1.807, 2.05) is 0 Å². The first-order chi connectivity index (χ1) is 15.4. The number of sulfonamides is 1. The predicted octanol–water partition coefficient (Wildman–Crippen LogP) is 4.33. The van der Waals surface area contributed by atoms with E-state index < -0.39 is 10.0 Å². The largest absolute Gasteiger partial charge is 0.307 e. The number of halogens is 1. The number of hydrogen-bond acceptors (Lipinski definition) is 5. The Morgan fingerprint density at radius 3 is 2.59 bits per heavy atom. The van der Waals surface area contributed by atoms with Crippen molar-refractivity contribution < 1.29 is 17.6 Å². The number of thiazole rings is 1. The second-order valence-electron chi connectivity index (χ2n) is 7.97. The molecule has 0 saturated carbocycles. The SMILES string of the molecule is O=C(c1cnc(-c2ccccc2F)s1)N1CCc2cc(S(=O)(=O)N3CCCCC3)ccc21. The van der Waals surface area contributed by atoms with Crippen molar-refractivity contribution in [3.8, 4) is 10.6 Å². The number of fused-ring (bicyclic) bond motifs is 1. The lowest BCUT2D eigenvalue weighted by atomic mass is 10.2. The number of carbonyl (C=O) groups is 1. The van der Waals surface area contributed by atoms with Crippen molar-refractivity contribution in [1.29, 1.82) is 0 Å². The van der Waals surface area contributed by atoms with Crippen LogP contribution >= 0.6 is 11.3 Å². The van der Waals surface area contributed by atoms with Crippen LogP contribution in [0.5, 0.6) is 0 Å². The van der Waals surface area contributed by atoms with Gasteiger partial charge in [-0.3, -0.25) is 4.79 Å². The molecule has 0 radical (unpaired) electrons. The zero-order chi connectivity index (χ0) is 22.3. The monoisotopic (exact) mass is 471 g/mol. The number of nitrogens with zero attached hydrogens (tertiary/aromatic N) is 3. The van der Waals surface area contributed by atoms with Crippen LogP contribution in [0.25, 0.3) is 10.6 Å². The van der Waals surface area contributed by atoms with Crippen molar-refractivity contribution >= 4 is 33.0 Å². The smallest absolute Gasteiger partial charge is 0.270 e. The molecule has 0 N–H and O–H groups in total. The summed E-state index contributed by atoms with van der Waals surface area (Å²) in [6.07, 6.45) is 4.89. The van der Waals surface area contributed by atoms with Crippen LogP contribution in [-0.2, 0) is 16.4 Å². The molecule has 0 atom stereocenters. The second-order valence-corrected chi connectivity index (χ2v) is 10.9. The van der Waals surface area contributed by atoms with Gasteiger partial charge in [0.2, 0.25) is 10.0 Å². The molecule has 6 nitrogen and oxygen atoms in total. The lowest BCUT2D eigenvalue weighted by molar-refractivity contribution is 0.0993. The Bertz CT molecular complexity index is 1280. The van der Waals surface area contributed by atoms with Gasteiger partial charge in [0, 0.05) is 30.9 Å². The van der Waals surface area contributed by atoms with Crippen LogP contribution in [0.2, 0.25) is 0 Å². The van der Waals surface area contributed by atoms with E-state index >= 15 is 0 Å². The predicted molar refractivity (Wildman–Crippen MR) is 122 cm³/mol. The number of piperidine rings is 1. The van der Waals surface area contributed by atoms with Crippen molar-refractivity contribution in [3.05, 3.63) is 64.9 Å². The van der Waals surface area contributed by atoms with Crippen LogP contribution in [0.1, 0.15) is 34.5 Å². The van der Waals surface area contributed by atoms with Gasteiger partial charge in [-0.05, 0) is 55.2 Å². The minimum Gasteiger partial charge on any atom is -0.307 e. The number of rotatable bonds is 4. The van der Waals surface area contributed by atoms with Gasteiger partial charge >= 0.3 is 0 Å². The van der Waals surface area contributed by atoms with E-state index in [1.165, 1.54) is 12.3 Å². The van der Waals surface area contributed by atoms with Gasteiger partial charge in [-0.1, -0.05) is 18.6 Å². The first-order valence-electron chi connectivity index (χ1n) is 10.6. The maximum atomic E-state index is 14.1. The molecular formula is C23H22FN3O3S2. The van der Waals surface area contributed by atoms with E-state index in [1.54, 1.807) is 45.6 Å². The molecule has 2 aliphatic heterocycles. The van der Waals surface area contributed by atoms with E-state index in [-0.39, 0.29) is 16.6 Å². The first-order valence-corrected chi connectivity index (χ1v) is 12.9. The molecular weight excluding hydrogens is 449 g/mol. The highest BCUT2D eigenvalue weighted by atomic mass is 32.2. The van der Waals surface area contributed by atoms with E-state index in [0.717, 1.165) is 36.2 Å². The summed E-state index contributed by atoms with van der Waals surface area (Å²) >= 11 is 1.15. The topological polar surface area (TPSA) is 70.6 Å². The quantitative estimate of drug-likeness (QED) is 0.568. The average Bonchev–Trinajstić information content (AvgIpc) is 3.47. The van der Waals surface area contributed by atoms with Gasteiger partial charge in [0.1, 0.15) is 15.7 Å². The standard InChI is InChI=1S/C23H22FN3O3S2/c24-19-7-3-2-6-18(19)22-25-15-21(31-22)23(28)27-13-10-16-14-17(8-9-20(16)27)32(29,30)26-11-4-1-5-12-26/h2-3,6-9,14-15H,1,4-5,10-13H2. The molecule has 1 amide bonds. The third kappa shape index (κ3) is 3.74. The summed E-state index contributed by atoms with van der Waals surface area (Å²) in [6.45, 7) is 1.58. The molecule has 0 aliphatic carbocycles. The molecule has 0 spiro atoms. The van der Waals surface area contributed by atoms with Crippen molar-refractivity contribution in [2.24, 2.45) is 0 Å². The number of benzene rings is 2. The molecule has 3 aromatic rings. The molecule has 2 aromatic carbocycles. The van der Waals surface area contributed by atoms with Crippen LogP contribution in [0.4, 0.5) is 10.1 Å². The fourth-order valence-electron chi connectivity index (χ4n) is 4.27. The minimum atomic E-state index is -3.52. The lowest BCUT2D eigenvalue weighted by Gasteiger charge is -2.26. The molecule has 3 heterocycles. The molecule has 0 bridgehead atoms. The van der Waals surface area contributed by atoms with Gasteiger partial charge in [0.25, 0.3) is 5.91 Å². The van der Waals surface area contributed by atoms with Gasteiger partial charge in [0.05, 0.1) is 11.1 Å². The highest BCUT2D eigenvalue weighted by Gasteiger charge is 2.31. The van der Waals surface area contributed by atoms with Crippen LogP contribution < -0.4 is 4.90 Å². The van der Waals surface area contributed by atoms with Crippen molar-refractivity contribution in [2.75, 3.05) is 24.5 Å². The van der Waals surface area contributed by atoms with E-state index in [4.69, 9.17) is 0 Å². The molecule has 1 saturated heterocycles. The first kappa shape index (κ1) is 21.2. The normalized spacial score (nSPS) is 16.8. The number of anilines is 1. The Kier molecular flexibility index (Phi) is 5.56. The molecule has 9 heteroatoms. The van der Waals surface area contributed by atoms with Gasteiger partial charge in [-0.25, -0.2) is 17.8 Å². The van der Waals surface area contributed by atoms with Gasteiger partial charge < -0.3 is 4.90 Å². The molecule has 1 aromatic heterocycles. The highest BCUT2D eigenvalue weighted by molar-refractivity contribution is 7.89. The summed E-state index contributed by atoms with van der Waals surface area (Å²) in [7, 11) is -3.52. The molecule has 5 rings (SSSR count). The average molecular weight is 472 g/mol. The summed E-state index contributed by atoms with van der Waals surface area (Å²) in [5, 5.41) is 0.453. The summed E-state index contributed by atoms with van der Waals surface area (Å²) in [4.78, 5) is 19.7. The number of hydrogen-bond donors (Lipinski definition) is 0. The highest BCUT2D eigenvalue weighted by Crippen LogP contribution is 2.34. The van der Waals surface area contributed by atoms with Crippen molar-refractivity contribution in [1.82, 2.24) is 9.29 Å². The van der Waals surface area contributed by atoms with E-state index in [9.17, 15) is 17.6 Å². The summed E-state index contributed by atoms with van der Waals surface area (Å²) in [5.74, 6) is -0.592. The fraction of sp³-hybridized carbons (Fsp3) is 0.304. The molecule has 0 unspecified atom stereocenters. The minimum absolute atomic E-state index is 0.213. The lowest BCUT2D eigenvalue weighted by Crippen LogP contribution is -2.35. The number of amides is 1. The maximum absolute atomic E-state index is 14.1. The van der Waals surface area contributed by atoms with Crippen LogP contribution in [0.3, 0.4) is 0 Å². The third-order valence-electron chi connectivity index (χ3n) is 5.97. The zero-order valence-corrected chi connectivity index (χ0v) is 19.0. The van der Waals surface area contributed by atoms with Crippen LogP contribution in [0.15, 0.2) is 53.6 Å². The fourth-order valence-corrected chi connectivity index (χ4v) is 6.73. The Morgan fingerprint density at radius 2 is 1.81 bits per heavy atom. The Labute approximate surface area is 190 Å². The number of aromatic nitrogens is 1. The van der Waals surface area contributed by atoms with E-state index in [0.29, 0.717) is 47.2 Å². The van der Waals surface area contributed by atoms with Gasteiger partial charge in [0.15, 0.2) is 0 Å². The summed E-state index contributed by atoms with van der Waals surface area (Å²) < 4.78 is 41.6. The molecule has 166 valence electrons. The zero-order valence-electron chi connectivity index (χ0n) is 17.3. The van der Waals surface area contributed by atoms with Gasteiger partial charge in [-0.15, -0.1) is 11.3 Å². The number of carbonyl (C=O) groups excluding carboxylic acids is 1. The molecule has 1 fully saturated rings. The summed E-state index contributed by atoms with van der Waals surface area (Å²) in [6, 6.07) is 11.3. The molecule has 2 aliphatic rings. The van der Waals surface area contributed by atoms with Crippen molar-refractivity contribution in [2.45, 2.75) is 30.6 Å². The van der Waals surface area contributed by atoms with E-state index in [2.05, 4.69) is 4.98 Å². The Balaban J connectivity index is 1.39. The van der Waals surface area contributed by atoms with Gasteiger partial charge in [-0.2, -0.15) is 4.31 Å². The van der Waals surface area contributed by atoms with Crippen molar-refractivity contribution in [3.63, 3.8) is 0 Å². The third-order valence-corrected chi connectivity index (χ3v) is 8.88. The summed E-state index contributed by atoms with van der Waals surface area (Å²) in [5.41, 5.74) is 1.93.